The Morgan fingerprint density at radius 2 is 2.20 bits per heavy atom. The molecule has 3 nitrogen and oxygen atoms in total. The zero-order valence-electron chi connectivity index (χ0n) is 8.99. The van der Waals surface area contributed by atoms with Gasteiger partial charge in [0, 0.05) is 18.9 Å². The van der Waals surface area contributed by atoms with Crippen molar-refractivity contribution in [1.29, 1.82) is 0 Å². The van der Waals surface area contributed by atoms with Gasteiger partial charge < -0.3 is 4.90 Å². The van der Waals surface area contributed by atoms with Crippen molar-refractivity contribution in [3.05, 3.63) is 18.0 Å². The van der Waals surface area contributed by atoms with Gasteiger partial charge in [0.2, 0.25) is 5.95 Å². The van der Waals surface area contributed by atoms with Crippen LogP contribution in [0.4, 0.5) is 10.3 Å². The number of anilines is 1. The highest BCUT2D eigenvalue weighted by Gasteiger charge is 2.20. The first kappa shape index (κ1) is 10.3. The van der Waals surface area contributed by atoms with E-state index in [1.165, 1.54) is 0 Å². The predicted octanol–water partition coefficient (Wildman–Crippen LogP) is 1.98. The van der Waals surface area contributed by atoms with Gasteiger partial charge in [0.15, 0.2) is 0 Å². The zero-order valence-corrected chi connectivity index (χ0v) is 8.99. The highest BCUT2D eigenvalue weighted by atomic mass is 19.1. The Labute approximate surface area is 89.3 Å². The SMILES string of the molecule is CCc1cnc(N2CCCC(F)C2)nc1. The quantitative estimate of drug-likeness (QED) is 0.745. The van der Waals surface area contributed by atoms with Gasteiger partial charge >= 0.3 is 0 Å². The van der Waals surface area contributed by atoms with Crippen LogP contribution in [0.1, 0.15) is 25.3 Å². The summed E-state index contributed by atoms with van der Waals surface area (Å²) in [4.78, 5) is 10.4. The maximum atomic E-state index is 13.2. The van der Waals surface area contributed by atoms with E-state index in [0.717, 1.165) is 24.9 Å². The van der Waals surface area contributed by atoms with Gasteiger partial charge in [-0.25, -0.2) is 14.4 Å². The Bertz CT molecular complexity index is 312. The second-order valence-electron chi connectivity index (χ2n) is 3.93. The first-order valence-corrected chi connectivity index (χ1v) is 5.49. The second-order valence-corrected chi connectivity index (χ2v) is 3.93. The third-order valence-electron chi connectivity index (χ3n) is 2.75. The van der Waals surface area contributed by atoms with Gasteiger partial charge in [0.05, 0.1) is 6.54 Å². The molecule has 0 aromatic carbocycles. The molecule has 1 fully saturated rings. The van der Waals surface area contributed by atoms with Crippen LogP contribution in [0.3, 0.4) is 0 Å². The number of halogens is 1. The molecule has 0 radical (unpaired) electrons. The van der Waals surface area contributed by atoms with Crippen LogP contribution in [-0.4, -0.2) is 29.2 Å². The van der Waals surface area contributed by atoms with E-state index in [2.05, 4.69) is 16.9 Å². The Kier molecular flexibility index (Phi) is 3.14. The summed E-state index contributed by atoms with van der Waals surface area (Å²) in [5.41, 5.74) is 1.12. The maximum absolute atomic E-state index is 13.2. The molecule has 2 heterocycles. The Morgan fingerprint density at radius 1 is 1.47 bits per heavy atom. The molecular formula is C11H16FN3. The molecule has 0 spiro atoms. The fourth-order valence-corrected chi connectivity index (χ4v) is 1.80. The summed E-state index contributed by atoms with van der Waals surface area (Å²) >= 11 is 0. The van der Waals surface area contributed by atoms with Gasteiger partial charge in [-0.3, -0.25) is 0 Å². The third-order valence-corrected chi connectivity index (χ3v) is 2.75. The number of aromatic nitrogens is 2. The molecule has 1 aromatic heterocycles. The van der Waals surface area contributed by atoms with Crippen LogP contribution in [0, 0.1) is 0 Å². The first-order valence-electron chi connectivity index (χ1n) is 5.49. The molecule has 1 aliphatic heterocycles. The molecule has 4 heteroatoms. The zero-order chi connectivity index (χ0) is 10.7. The Morgan fingerprint density at radius 3 is 2.80 bits per heavy atom. The molecule has 1 saturated heterocycles. The van der Waals surface area contributed by atoms with Gasteiger partial charge in [0.1, 0.15) is 6.17 Å². The van der Waals surface area contributed by atoms with E-state index in [-0.39, 0.29) is 0 Å². The lowest BCUT2D eigenvalue weighted by molar-refractivity contribution is 0.285. The molecule has 15 heavy (non-hydrogen) atoms. The summed E-state index contributed by atoms with van der Waals surface area (Å²) in [5, 5.41) is 0. The van der Waals surface area contributed by atoms with E-state index in [9.17, 15) is 4.39 Å². The number of nitrogens with zero attached hydrogens (tertiary/aromatic N) is 3. The highest BCUT2D eigenvalue weighted by molar-refractivity contribution is 5.30. The molecule has 1 aromatic rings. The summed E-state index contributed by atoms with van der Waals surface area (Å²) in [6.07, 6.45) is 5.41. The van der Waals surface area contributed by atoms with Gasteiger partial charge in [0.25, 0.3) is 0 Å². The molecule has 0 saturated carbocycles. The Balaban J connectivity index is 2.07. The smallest absolute Gasteiger partial charge is 0.225 e. The molecule has 2 rings (SSSR count). The summed E-state index contributed by atoms with van der Waals surface area (Å²) in [5.74, 6) is 0.662. The van der Waals surface area contributed by atoms with E-state index in [0.29, 0.717) is 18.9 Å². The van der Waals surface area contributed by atoms with Crippen molar-refractivity contribution >= 4 is 5.95 Å². The summed E-state index contributed by atoms with van der Waals surface area (Å²) < 4.78 is 13.2. The molecule has 0 bridgehead atoms. The van der Waals surface area contributed by atoms with Gasteiger partial charge in [-0.1, -0.05) is 6.92 Å². The summed E-state index contributed by atoms with van der Waals surface area (Å²) in [7, 11) is 0. The van der Waals surface area contributed by atoms with Crippen molar-refractivity contribution < 1.29 is 4.39 Å². The lowest BCUT2D eigenvalue weighted by Crippen LogP contribution is -2.37. The van der Waals surface area contributed by atoms with Crippen molar-refractivity contribution in [2.45, 2.75) is 32.4 Å². The Hall–Kier alpha value is -1.19. The standard InChI is InChI=1S/C11H16FN3/c1-2-9-6-13-11(14-7-9)15-5-3-4-10(12)8-15/h6-7,10H,2-5,8H2,1H3. The topological polar surface area (TPSA) is 29.0 Å². The summed E-state index contributed by atoms with van der Waals surface area (Å²) in [6, 6.07) is 0. The predicted molar refractivity (Wildman–Crippen MR) is 57.8 cm³/mol. The van der Waals surface area contributed by atoms with Crippen LogP contribution >= 0.6 is 0 Å². The van der Waals surface area contributed by atoms with Crippen molar-refractivity contribution in [3.8, 4) is 0 Å². The molecule has 0 N–H and O–H groups in total. The number of piperidine rings is 1. The fraction of sp³-hybridized carbons (Fsp3) is 0.636. The number of alkyl halides is 1. The maximum Gasteiger partial charge on any atom is 0.225 e. The average Bonchev–Trinajstić information content (AvgIpc) is 2.29. The number of aryl methyl sites for hydroxylation is 1. The average molecular weight is 209 g/mol. The minimum absolute atomic E-state index is 0.436. The molecular weight excluding hydrogens is 193 g/mol. The van der Waals surface area contributed by atoms with Crippen molar-refractivity contribution in [1.82, 2.24) is 9.97 Å². The monoisotopic (exact) mass is 209 g/mol. The van der Waals surface area contributed by atoms with Gasteiger partial charge in [-0.15, -0.1) is 0 Å². The van der Waals surface area contributed by atoms with Crippen LogP contribution in [0.5, 0.6) is 0 Å². The minimum atomic E-state index is -0.729. The van der Waals surface area contributed by atoms with Crippen LogP contribution in [-0.2, 0) is 6.42 Å². The first-order chi connectivity index (χ1) is 7.29. The molecule has 1 unspecified atom stereocenters. The van der Waals surface area contributed by atoms with E-state index < -0.39 is 6.17 Å². The highest BCUT2D eigenvalue weighted by Crippen LogP contribution is 2.17. The minimum Gasteiger partial charge on any atom is -0.338 e. The van der Waals surface area contributed by atoms with Crippen LogP contribution < -0.4 is 4.90 Å². The van der Waals surface area contributed by atoms with Crippen LogP contribution in [0.2, 0.25) is 0 Å². The van der Waals surface area contributed by atoms with Crippen LogP contribution in [0.15, 0.2) is 12.4 Å². The second kappa shape index (κ2) is 4.55. The molecule has 82 valence electrons. The van der Waals surface area contributed by atoms with E-state index >= 15 is 0 Å². The molecule has 1 atom stereocenters. The molecule has 0 amide bonds. The fourth-order valence-electron chi connectivity index (χ4n) is 1.80. The lowest BCUT2D eigenvalue weighted by Gasteiger charge is -2.28. The van der Waals surface area contributed by atoms with E-state index in [1.54, 1.807) is 0 Å². The van der Waals surface area contributed by atoms with Crippen molar-refractivity contribution in [2.24, 2.45) is 0 Å². The normalized spacial score (nSPS) is 21.7. The third kappa shape index (κ3) is 2.43. The number of hydrogen-bond acceptors (Lipinski definition) is 3. The van der Waals surface area contributed by atoms with E-state index in [1.807, 2.05) is 17.3 Å². The largest absolute Gasteiger partial charge is 0.338 e. The van der Waals surface area contributed by atoms with Crippen molar-refractivity contribution in [3.63, 3.8) is 0 Å². The lowest BCUT2D eigenvalue weighted by atomic mass is 10.1. The van der Waals surface area contributed by atoms with Gasteiger partial charge in [-0.2, -0.15) is 0 Å². The molecule has 1 aliphatic rings. The van der Waals surface area contributed by atoms with Gasteiger partial charge in [-0.05, 0) is 24.8 Å². The molecule has 0 aliphatic carbocycles. The van der Waals surface area contributed by atoms with Crippen LogP contribution in [0.25, 0.3) is 0 Å². The van der Waals surface area contributed by atoms with E-state index in [4.69, 9.17) is 0 Å². The number of hydrogen-bond donors (Lipinski definition) is 0. The van der Waals surface area contributed by atoms with Crippen molar-refractivity contribution in [2.75, 3.05) is 18.0 Å². The number of rotatable bonds is 2. The summed E-state index contributed by atoms with van der Waals surface area (Å²) in [6.45, 7) is 3.37.